The molecule has 0 fully saturated rings. The molecule has 0 saturated carbocycles. The normalized spacial score (nSPS) is 13.3. The summed E-state index contributed by atoms with van der Waals surface area (Å²) in [7, 11) is 0. The van der Waals surface area contributed by atoms with E-state index in [1.165, 1.54) is 51.4 Å². The molecule has 0 spiro atoms. The van der Waals surface area contributed by atoms with Gasteiger partial charge in [-0.2, -0.15) is 0 Å². The average molecular weight is 1100 g/mol. The van der Waals surface area contributed by atoms with Crippen LogP contribution in [-0.4, -0.2) is 80.5 Å². The third-order valence-electron chi connectivity index (χ3n) is 14.5. The molecular weight excluding hydrogens is 983 g/mol. The maximum Gasteiger partial charge on any atom is 0.319 e. The summed E-state index contributed by atoms with van der Waals surface area (Å²) in [4.78, 5) is 74.4. The first-order valence-electron chi connectivity index (χ1n) is 31.8. The number of ketones is 2. The van der Waals surface area contributed by atoms with E-state index in [4.69, 9.17) is 36.1 Å². The molecule has 0 saturated heterocycles. The summed E-state index contributed by atoms with van der Waals surface area (Å²) in [6, 6.07) is 0. The van der Waals surface area contributed by atoms with Gasteiger partial charge < -0.3 is 36.1 Å². The highest BCUT2D eigenvalue weighted by Crippen LogP contribution is 2.21. The largest absolute Gasteiger partial charge is 0.465 e. The van der Waals surface area contributed by atoms with E-state index >= 15 is 0 Å². The lowest BCUT2D eigenvalue weighted by molar-refractivity contribution is -0.151. The van der Waals surface area contributed by atoms with E-state index in [2.05, 4.69) is 57.2 Å². The number of unbranched alkanes of at least 4 members (excludes halogenated alkanes) is 24. The molecule has 0 rings (SSSR count). The van der Waals surface area contributed by atoms with Gasteiger partial charge in [-0.3, -0.25) is 28.8 Å². The number of carbonyl (C=O) groups is 6. The Morgan fingerprint density at radius 2 is 0.705 bits per heavy atom. The van der Waals surface area contributed by atoms with E-state index in [0.29, 0.717) is 44.4 Å². The van der Waals surface area contributed by atoms with Crippen LogP contribution in [0.1, 0.15) is 284 Å². The Bertz CT molecular complexity index is 1490. The molecule has 6 N–H and O–H groups in total. The molecule has 1 unspecified atom stereocenters. The van der Waals surface area contributed by atoms with Crippen molar-refractivity contribution >= 4 is 35.4 Å². The van der Waals surface area contributed by atoms with Crippen molar-refractivity contribution in [1.29, 1.82) is 0 Å². The second-order valence-electron chi connectivity index (χ2n) is 22.0. The van der Waals surface area contributed by atoms with Gasteiger partial charge in [0.05, 0.1) is 32.8 Å². The molecule has 0 amide bonds. The zero-order chi connectivity index (χ0) is 57.4. The summed E-state index contributed by atoms with van der Waals surface area (Å²) >= 11 is 0. The number of hydrogen-bond donors (Lipinski definition) is 3. The first-order chi connectivity index (χ1) is 38.0. The molecule has 78 heavy (non-hydrogen) atoms. The fourth-order valence-electron chi connectivity index (χ4n) is 9.62. The van der Waals surface area contributed by atoms with Crippen molar-refractivity contribution in [2.45, 2.75) is 296 Å². The van der Waals surface area contributed by atoms with Crippen molar-refractivity contribution < 1.29 is 47.7 Å². The van der Waals surface area contributed by atoms with Gasteiger partial charge in [-0.15, -0.1) is 0 Å². The number of ether oxygens (including phenoxy) is 4. The van der Waals surface area contributed by atoms with Crippen LogP contribution < -0.4 is 17.2 Å². The van der Waals surface area contributed by atoms with E-state index in [9.17, 15) is 28.8 Å². The number of nitrogens with two attached hydrogens (primary N) is 3. The van der Waals surface area contributed by atoms with Crippen molar-refractivity contribution in [3.8, 4) is 0 Å². The van der Waals surface area contributed by atoms with E-state index in [1.807, 2.05) is 0 Å². The minimum absolute atomic E-state index is 0.0532. The Labute approximate surface area is 475 Å². The highest BCUT2D eigenvalue weighted by molar-refractivity contribution is 5.80. The number of allylic oxidation sites excluding steroid dienone is 4. The fraction of sp³-hybridized carbons (Fsp3) is 0.815. The first-order valence-corrected chi connectivity index (χ1v) is 31.8. The van der Waals surface area contributed by atoms with Gasteiger partial charge in [-0.1, -0.05) is 179 Å². The van der Waals surface area contributed by atoms with Crippen LogP contribution >= 0.6 is 0 Å². The van der Waals surface area contributed by atoms with Gasteiger partial charge in [0.2, 0.25) is 0 Å². The maximum atomic E-state index is 13.2. The molecule has 13 heteroatoms. The molecule has 13 nitrogen and oxygen atoms in total. The monoisotopic (exact) mass is 1100 g/mol. The van der Waals surface area contributed by atoms with Crippen molar-refractivity contribution in [2.24, 2.45) is 29.0 Å². The Morgan fingerprint density at radius 3 is 1.12 bits per heavy atom. The van der Waals surface area contributed by atoms with Crippen molar-refractivity contribution in [3.05, 3.63) is 36.5 Å². The van der Waals surface area contributed by atoms with Gasteiger partial charge in [0.1, 0.15) is 23.8 Å². The van der Waals surface area contributed by atoms with Crippen molar-refractivity contribution in [2.75, 3.05) is 32.8 Å². The van der Waals surface area contributed by atoms with Crippen LogP contribution in [-0.2, 0) is 47.7 Å². The van der Waals surface area contributed by atoms with Gasteiger partial charge in [0.25, 0.3) is 0 Å². The smallest absolute Gasteiger partial charge is 0.319 e. The highest BCUT2D eigenvalue weighted by Gasteiger charge is 2.20. The summed E-state index contributed by atoms with van der Waals surface area (Å²) in [5.74, 6) is -1.02. The zero-order valence-electron chi connectivity index (χ0n) is 50.1. The molecule has 0 aliphatic heterocycles. The third-order valence-corrected chi connectivity index (χ3v) is 14.5. The summed E-state index contributed by atoms with van der Waals surface area (Å²) in [6.07, 6.45) is 51.3. The quantitative estimate of drug-likeness (QED) is 0.0224. The van der Waals surface area contributed by atoms with Gasteiger partial charge in [0.15, 0.2) is 0 Å². The second kappa shape index (κ2) is 56.6. The number of Topliss-reactive ketones (excluding diaryl/α,β-unsaturated/α-hetero) is 2. The van der Waals surface area contributed by atoms with Crippen molar-refractivity contribution in [3.63, 3.8) is 0 Å². The Morgan fingerprint density at radius 1 is 0.346 bits per heavy atom. The third kappa shape index (κ3) is 50.5. The number of carbonyl (C=O) groups excluding carboxylic acids is 6. The molecular formula is C65H117N3O10. The van der Waals surface area contributed by atoms with Crippen molar-refractivity contribution in [1.82, 2.24) is 0 Å². The molecule has 0 aliphatic rings. The predicted octanol–water partition coefficient (Wildman–Crippen LogP) is 14.9. The van der Waals surface area contributed by atoms with Gasteiger partial charge in [-0.25, -0.2) is 0 Å². The number of hydrogen-bond acceptors (Lipinski definition) is 13. The average Bonchev–Trinajstić information content (AvgIpc) is 3.43. The molecule has 0 heterocycles. The molecule has 452 valence electrons. The highest BCUT2D eigenvalue weighted by atomic mass is 16.6. The maximum absolute atomic E-state index is 13.2. The molecule has 0 aromatic rings. The van der Waals surface area contributed by atoms with Gasteiger partial charge in [-0.05, 0) is 102 Å². The Kier molecular flexibility index (Phi) is 53.9. The van der Waals surface area contributed by atoms with Crippen LogP contribution in [0.2, 0.25) is 0 Å². The molecule has 0 aliphatic carbocycles. The Hall–Kier alpha value is -3.68. The number of rotatable bonds is 58. The second-order valence-corrected chi connectivity index (χ2v) is 22.0. The van der Waals surface area contributed by atoms with Crippen LogP contribution in [0.3, 0.4) is 0 Å². The molecule has 0 bridgehead atoms. The van der Waals surface area contributed by atoms with Crippen LogP contribution in [0, 0.1) is 11.8 Å². The standard InChI is InChI=1S/C65H117N3O10/c1-4-7-10-31-40-56(49-59(70)51-66)41-32-25-19-13-17-23-29-38-47-62(71)75-54-57(50-58(69)42-33-26-20-14-15-21-27-36-45-60(77-64(73)52-67)43-34-11-8-5-2)55-76-63(72)48-39-30-24-18-16-22-28-37-46-61(78-65(74)53-68)44-35-12-9-6-3/h25,27-28,32,36-37,56-57,60-61H,4-24,26,29-31,33-35,38-55,66-68H2,1-3H3/b32-25-,36-27-,37-28-/t56-,57?,60-,61-/m1/s1. The number of esters is 4. The van der Waals surface area contributed by atoms with Crippen LogP contribution in [0.15, 0.2) is 36.5 Å². The topological polar surface area (TPSA) is 217 Å². The van der Waals surface area contributed by atoms with E-state index in [1.54, 1.807) is 0 Å². The fourth-order valence-corrected chi connectivity index (χ4v) is 9.62. The minimum Gasteiger partial charge on any atom is -0.465 e. The summed E-state index contributed by atoms with van der Waals surface area (Å²) in [5, 5.41) is 0. The lowest BCUT2D eigenvalue weighted by Crippen LogP contribution is -2.23. The van der Waals surface area contributed by atoms with E-state index < -0.39 is 0 Å². The van der Waals surface area contributed by atoms with E-state index in [-0.39, 0.29) is 92.8 Å². The first kappa shape index (κ1) is 74.3. The van der Waals surface area contributed by atoms with E-state index in [0.717, 1.165) is 167 Å². The minimum atomic E-state index is -0.380. The SMILES string of the molecule is CCCCCC[C@H](C/C=C\CCCCCCCC(=O)OCC(COC(=O)CCCCCCC/C=C\C[C@@H](CCCCCC)OC(=O)CN)CC(=O)CCCCCCC/C=C\C[C@@H](CCCCCC)OC(=O)CN)CC(=O)CN. The van der Waals surface area contributed by atoms with Crippen LogP contribution in [0.4, 0.5) is 0 Å². The molecule has 4 atom stereocenters. The molecule has 0 aromatic carbocycles. The van der Waals surface area contributed by atoms with Crippen LogP contribution in [0.25, 0.3) is 0 Å². The van der Waals surface area contributed by atoms with Gasteiger partial charge in [0, 0.05) is 50.9 Å². The molecule has 0 aromatic heterocycles. The molecule has 0 radical (unpaired) electrons. The lowest BCUT2D eigenvalue weighted by Gasteiger charge is -2.17. The zero-order valence-corrected chi connectivity index (χ0v) is 50.1. The van der Waals surface area contributed by atoms with Crippen LogP contribution in [0.5, 0.6) is 0 Å². The predicted molar refractivity (Wildman–Crippen MR) is 320 cm³/mol. The Balaban J connectivity index is 4.87. The summed E-state index contributed by atoms with van der Waals surface area (Å²) < 4.78 is 22.5. The summed E-state index contributed by atoms with van der Waals surface area (Å²) in [6.45, 7) is 6.61. The lowest BCUT2D eigenvalue weighted by atomic mass is 9.92. The summed E-state index contributed by atoms with van der Waals surface area (Å²) in [5.41, 5.74) is 16.5. The van der Waals surface area contributed by atoms with Gasteiger partial charge >= 0.3 is 23.9 Å².